The second-order valence-corrected chi connectivity index (χ2v) is 6.70. The molecule has 1 aliphatic rings. The van der Waals surface area contributed by atoms with Gasteiger partial charge in [-0.25, -0.2) is 4.79 Å². The summed E-state index contributed by atoms with van der Waals surface area (Å²) in [6.45, 7) is 7.21. The lowest BCUT2D eigenvalue weighted by atomic mass is 9.95. The van der Waals surface area contributed by atoms with E-state index in [0.29, 0.717) is 31.8 Å². The highest BCUT2D eigenvalue weighted by Gasteiger charge is 2.43. The number of amides is 3. The van der Waals surface area contributed by atoms with E-state index in [2.05, 4.69) is 24.5 Å². The van der Waals surface area contributed by atoms with E-state index in [1.54, 1.807) is 11.9 Å². The molecule has 4 N–H and O–H groups in total. The van der Waals surface area contributed by atoms with E-state index in [-0.39, 0.29) is 18.0 Å². The minimum Gasteiger partial charge on any atom is -0.344 e. The average molecular weight is 312 g/mol. The Labute approximate surface area is 134 Å². The van der Waals surface area contributed by atoms with Crippen molar-refractivity contribution in [3.05, 3.63) is 0 Å². The topological polar surface area (TPSA) is 87.5 Å². The monoisotopic (exact) mass is 312 g/mol. The third-order valence-electron chi connectivity index (χ3n) is 4.56. The van der Waals surface area contributed by atoms with Gasteiger partial charge in [-0.2, -0.15) is 0 Å². The molecule has 0 spiro atoms. The molecular weight excluding hydrogens is 280 g/mol. The lowest BCUT2D eigenvalue weighted by Gasteiger charge is -2.33. The van der Waals surface area contributed by atoms with Crippen molar-refractivity contribution in [1.82, 2.24) is 15.5 Å². The summed E-state index contributed by atoms with van der Waals surface area (Å²) in [6.07, 6.45) is 4.14. The molecule has 1 aliphatic carbocycles. The molecule has 0 aromatic carbocycles. The molecule has 128 valence electrons. The fourth-order valence-corrected chi connectivity index (χ4v) is 2.94. The van der Waals surface area contributed by atoms with E-state index in [1.807, 2.05) is 6.92 Å². The number of carbonyl (C=O) groups is 2. The molecule has 0 radical (unpaired) electrons. The minimum atomic E-state index is -0.740. The van der Waals surface area contributed by atoms with E-state index < -0.39 is 5.54 Å². The van der Waals surface area contributed by atoms with Gasteiger partial charge in [0.25, 0.3) is 0 Å². The van der Waals surface area contributed by atoms with Crippen molar-refractivity contribution in [3.8, 4) is 0 Å². The van der Waals surface area contributed by atoms with Crippen LogP contribution in [-0.4, -0.2) is 48.6 Å². The second-order valence-electron chi connectivity index (χ2n) is 6.70. The standard InChI is InChI=1S/C16H32N4O2/c1-5-18-15(22)19-16(9-6-7-10-16)14(21)20(4)11-8-13(17)12(2)3/h12-13H,5-11,17H2,1-4H3,(H2,18,19,22). The first kappa shape index (κ1) is 18.7. The van der Waals surface area contributed by atoms with Gasteiger partial charge in [0.2, 0.25) is 5.91 Å². The zero-order chi connectivity index (χ0) is 16.8. The van der Waals surface area contributed by atoms with Crippen LogP contribution in [0.25, 0.3) is 0 Å². The van der Waals surface area contributed by atoms with Gasteiger partial charge in [0, 0.05) is 26.2 Å². The summed E-state index contributed by atoms with van der Waals surface area (Å²) >= 11 is 0. The summed E-state index contributed by atoms with van der Waals surface area (Å²) in [5, 5.41) is 5.63. The minimum absolute atomic E-state index is 0.00668. The number of hydrogen-bond acceptors (Lipinski definition) is 3. The maximum Gasteiger partial charge on any atom is 0.315 e. The molecule has 0 aromatic heterocycles. The predicted octanol–water partition coefficient (Wildman–Crippen LogP) is 1.45. The summed E-state index contributed by atoms with van der Waals surface area (Å²) < 4.78 is 0. The number of likely N-dealkylation sites (N-methyl/N-ethyl adjacent to an activating group) is 1. The van der Waals surface area contributed by atoms with Crippen LogP contribution in [0.5, 0.6) is 0 Å². The average Bonchev–Trinajstić information content (AvgIpc) is 2.93. The third kappa shape index (κ3) is 4.87. The van der Waals surface area contributed by atoms with Gasteiger partial charge in [-0.05, 0) is 32.1 Å². The van der Waals surface area contributed by atoms with Crippen LogP contribution in [0.1, 0.15) is 52.9 Å². The molecule has 1 rings (SSSR count). The fourth-order valence-electron chi connectivity index (χ4n) is 2.94. The predicted molar refractivity (Wildman–Crippen MR) is 88.5 cm³/mol. The lowest BCUT2D eigenvalue weighted by Crippen LogP contribution is -2.59. The molecule has 1 atom stereocenters. The van der Waals surface area contributed by atoms with Gasteiger partial charge in [-0.3, -0.25) is 4.79 Å². The smallest absolute Gasteiger partial charge is 0.315 e. The Morgan fingerprint density at radius 3 is 2.36 bits per heavy atom. The summed E-state index contributed by atoms with van der Waals surface area (Å²) in [5.74, 6) is 0.407. The first-order chi connectivity index (χ1) is 10.3. The van der Waals surface area contributed by atoms with Crippen molar-refractivity contribution < 1.29 is 9.59 Å². The number of carbonyl (C=O) groups excluding carboxylic acids is 2. The Morgan fingerprint density at radius 1 is 1.27 bits per heavy atom. The number of rotatable bonds is 7. The summed E-state index contributed by atoms with van der Waals surface area (Å²) in [7, 11) is 1.80. The zero-order valence-corrected chi connectivity index (χ0v) is 14.4. The summed E-state index contributed by atoms with van der Waals surface area (Å²) in [5.41, 5.74) is 5.31. The van der Waals surface area contributed by atoms with Crippen molar-refractivity contribution in [3.63, 3.8) is 0 Å². The molecule has 0 heterocycles. The van der Waals surface area contributed by atoms with Crippen molar-refractivity contribution in [2.75, 3.05) is 20.1 Å². The molecule has 0 aliphatic heterocycles. The van der Waals surface area contributed by atoms with Gasteiger partial charge in [0.1, 0.15) is 5.54 Å². The van der Waals surface area contributed by atoms with Gasteiger partial charge in [-0.1, -0.05) is 26.7 Å². The lowest BCUT2D eigenvalue weighted by molar-refractivity contribution is -0.136. The normalized spacial score (nSPS) is 18.1. The molecule has 1 fully saturated rings. The molecule has 0 saturated heterocycles. The van der Waals surface area contributed by atoms with Crippen LogP contribution in [0.2, 0.25) is 0 Å². The molecule has 3 amide bonds. The molecule has 0 bridgehead atoms. The number of urea groups is 1. The number of nitrogens with two attached hydrogens (primary N) is 1. The maximum atomic E-state index is 12.8. The van der Waals surface area contributed by atoms with Crippen LogP contribution in [0.15, 0.2) is 0 Å². The highest BCUT2D eigenvalue weighted by molar-refractivity contribution is 5.91. The maximum absolute atomic E-state index is 12.8. The third-order valence-corrected chi connectivity index (χ3v) is 4.56. The van der Waals surface area contributed by atoms with Crippen LogP contribution in [0.3, 0.4) is 0 Å². The van der Waals surface area contributed by atoms with E-state index in [4.69, 9.17) is 5.73 Å². The van der Waals surface area contributed by atoms with Gasteiger partial charge in [-0.15, -0.1) is 0 Å². The molecule has 6 heteroatoms. The largest absolute Gasteiger partial charge is 0.344 e. The highest BCUT2D eigenvalue weighted by Crippen LogP contribution is 2.31. The quantitative estimate of drug-likeness (QED) is 0.665. The fraction of sp³-hybridized carbons (Fsp3) is 0.875. The number of hydrogen-bond donors (Lipinski definition) is 3. The number of nitrogens with one attached hydrogen (secondary N) is 2. The molecular formula is C16H32N4O2. The van der Waals surface area contributed by atoms with Gasteiger partial charge in [0.15, 0.2) is 0 Å². The van der Waals surface area contributed by atoms with E-state index in [1.165, 1.54) is 0 Å². The van der Waals surface area contributed by atoms with Crippen LogP contribution in [0.4, 0.5) is 4.79 Å². The highest BCUT2D eigenvalue weighted by atomic mass is 16.2. The van der Waals surface area contributed by atoms with Crippen molar-refractivity contribution in [2.45, 2.75) is 64.5 Å². The van der Waals surface area contributed by atoms with Crippen molar-refractivity contribution in [2.24, 2.45) is 11.7 Å². The van der Waals surface area contributed by atoms with E-state index >= 15 is 0 Å². The summed E-state index contributed by atoms with van der Waals surface area (Å²) in [4.78, 5) is 26.4. The molecule has 1 saturated carbocycles. The van der Waals surface area contributed by atoms with Crippen LogP contribution in [-0.2, 0) is 4.79 Å². The van der Waals surface area contributed by atoms with Crippen LogP contribution >= 0.6 is 0 Å². The Hall–Kier alpha value is -1.30. The van der Waals surface area contributed by atoms with Crippen LogP contribution in [0, 0.1) is 5.92 Å². The molecule has 0 aromatic rings. The number of nitrogens with zero attached hydrogens (tertiary/aromatic N) is 1. The Balaban J connectivity index is 2.66. The van der Waals surface area contributed by atoms with Gasteiger partial charge in [0.05, 0.1) is 0 Å². The molecule has 6 nitrogen and oxygen atoms in total. The summed E-state index contributed by atoms with van der Waals surface area (Å²) in [6, 6.07) is -0.170. The van der Waals surface area contributed by atoms with Gasteiger partial charge < -0.3 is 21.3 Å². The Bertz CT molecular complexity index is 378. The Morgan fingerprint density at radius 2 is 1.86 bits per heavy atom. The van der Waals surface area contributed by atoms with Crippen molar-refractivity contribution in [1.29, 1.82) is 0 Å². The van der Waals surface area contributed by atoms with E-state index in [9.17, 15) is 9.59 Å². The van der Waals surface area contributed by atoms with Crippen LogP contribution < -0.4 is 16.4 Å². The van der Waals surface area contributed by atoms with E-state index in [0.717, 1.165) is 19.3 Å². The SMILES string of the molecule is CCNC(=O)NC1(C(=O)N(C)CCC(N)C(C)C)CCCC1. The first-order valence-electron chi connectivity index (χ1n) is 8.39. The van der Waals surface area contributed by atoms with Gasteiger partial charge >= 0.3 is 6.03 Å². The Kier molecular flexibility index (Phi) is 7.13. The first-order valence-corrected chi connectivity index (χ1v) is 8.39. The molecule has 1 unspecified atom stereocenters. The zero-order valence-electron chi connectivity index (χ0n) is 14.4. The molecule has 22 heavy (non-hydrogen) atoms. The van der Waals surface area contributed by atoms with Crippen molar-refractivity contribution >= 4 is 11.9 Å². The second kappa shape index (κ2) is 8.36.